The second-order valence-corrected chi connectivity index (χ2v) is 6.20. The van der Waals surface area contributed by atoms with E-state index >= 15 is 0 Å². The minimum absolute atomic E-state index is 0.0339. The molecule has 1 fully saturated rings. The number of anilines is 1. The Morgan fingerprint density at radius 2 is 1.83 bits per heavy atom. The summed E-state index contributed by atoms with van der Waals surface area (Å²) in [6, 6.07) is 6.96. The molecule has 0 atom stereocenters. The summed E-state index contributed by atoms with van der Waals surface area (Å²) in [5.74, 6) is 0.356. The van der Waals surface area contributed by atoms with Crippen molar-refractivity contribution in [1.82, 2.24) is 10.6 Å². The first-order valence-corrected chi connectivity index (χ1v) is 8.48. The average Bonchev–Trinajstić information content (AvgIpc) is 3.00. The van der Waals surface area contributed by atoms with E-state index in [2.05, 4.69) is 16.0 Å². The lowest BCUT2D eigenvalue weighted by Crippen LogP contribution is -2.34. The molecule has 124 valence electrons. The van der Waals surface area contributed by atoms with Crippen LogP contribution in [-0.4, -0.2) is 23.5 Å². The molecule has 1 aromatic carbocycles. The second-order valence-electron chi connectivity index (χ2n) is 5.79. The first kappa shape index (κ1) is 17.4. The van der Waals surface area contributed by atoms with E-state index in [0.29, 0.717) is 29.6 Å². The Hall–Kier alpha value is -1.95. The normalized spacial score (nSPS) is 14.3. The Morgan fingerprint density at radius 3 is 2.43 bits per heavy atom. The van der Waals surface area contributed by atoms with E-state index in [1.165, 1.54) is 12.8 Å². The fourth-order valence-corrected chi connectivity index (χ4v) is 3.02. The number of rotatable bonds is 5. The molecule has 0 radical (unpaired) electrons. The van der Waals surface area contributed by atoms with Gasteiger partial charge < -0.3 is 16.0 Å². The Bertz CT molecular complexity index is 566. The van der Waals surface area contributed by atoms with Gasteiger partial charge in [-0.3, -0.25) is 9.59 Å². The number of amides is 2. The third-order valence-corrected chi connectivity index (χ3v) is 4.15. The number of hydrogen-bond donors (Lipinski definition) is 3. The maximum Gasteiger partial charge on any atom is 0.251 e. The molecular weight excluding hydrogens is 310 g/mol. The van der Waals surface area contributed by atoms with Crippen LogP contribution in [0.1, 0.15) is 49.4 Å². The van der Waals surface area contributed by atoms with Gasteiger partial charge in [-0.25, -0.2) is 0 Å². The summed E-state index contributed by atoms with van der Waals surface area (Å²) in [4.78, 5) is 23.6. The van der Waals surface area contributed by atoms with E-state index in [0.717, 1.165) is 18.5 Å². The molecule has 0 unspecified atom stereocenters. The molecule has 3 N–H and O–H groups in total. The van der Waals surface area contributed by atoms with Crippen molar-refractivity contribution in [3.05, 3.63) is 29.8 Å². The monoisotopic (exact) mass is 333 g/mol. The number of thiocarbonyl (C=S) groups is 1. The van der Waals surface area contributed by atoms with Gasteiger partial charge in [0.05, 0.1) is 0 Å². The van der Waals surface area contributed by atoms with Gasteiger partial charge in [0.1, 0.15) is 0 Å². The van der Waals surface area contributed by atoms with E-state index in [-0.39, 0.29) is 11.8 Å². The zero-order valence-corrected chi connectivity index (χ0v) is 14.2. The summed E-state index contributed by atoms with van der Waals surface area (Å²) in [6.07, 6.45) is 5.25. The molecule has 5 nitrogen and oxygen atoms in total. The smallest absolute Gasteiger partial charge is 0.251 e. The van der Waals surface area contributed by atoms with Gasteiger partial charge in [-0.15, -0.1) is 0 Å². The summed E-state index contributed by atoms with van der Waals surface area (Å²) in [5, 5.41) is 8.71. The highest BCUT2D eigenvalue weighted by atomic mass is 32.1. The van der Waals surface area contributed by atoms with Crippen molar-refractivity contribution in [3.63, 3.8) is 0 Å². The van der Waals surface area contributed by atoms with Crippen molar-refractivity contribution >= 4 is 34.8 Å². The molecule has 2 rings (SSSR count). The Morgan fingerprint density at radius 1 is 1.17 bits per heavy atom. The SMILES string of the molecule is CCNC(=O)c1ccc(NC(=S)NC(=O)CC2CCCC2)cc1. The van der Waals surface area contributed by atoms with Gasteiger partial charge in [0.25, 0.3) is 5.91 Å². The summed E-state index contributed by atoms with van der Waals surface area (Å²) >= 11 is 5.16. The van der Waals surface area contributed by atoms with Crippen LogP contribution in [0.25, 0.3) is 0 Å². The predicted octanol–water partition coefficient (Wildman–Crippen LogP) is 2.83. The molecule has 1 aliphatic carbocycles. The van der Waals surface area contributed by atoms with E-state index in [9.17, 15) is 9.59 Å². The lowest BCUT2D eigenvalue weighted by atomic mass is 10.0. The van der Waals surface area contributed by atoms with Gasteiger partial charge in [0.15, 0.2) is 5.11 Å². The lowest BCUT2D eigenvalue weighted by molar-refractivity contribution is -0.120. The second kappa shape index (κ2) is 8.62. The minimum atomic E-state index is -0.105. The quantitative estimate of drug-likeness (QED) is 0.725. The molecule has 0 saturated heterocycles. The maximum absolute atomic E-state index is 11.9. The van der Waals surface area contributed by atoms with E-state index in [1.54, 1.807) is 24.3 Å². The Labute approximate surface area is 142 Å². The molecule has 0 aromatic heterocycles. The third kappa shape index (κ3) is 5.63. The molecule has 0 heterocycles. The van der Waals surface area contributed by atoms with Crippen molar-refractivity contribution in [3.8, 4) is 0 Å². The Kier molecular flexibility index (Phi) is 6.52. The molecule has 23 heavy (non-hydrogen) atoms. The third-order valence-electron chi connectivity index (χ3n) is 3.94. The highest BCUT2D eigenvalue weighted by Gasteiger charge is 2.18. The maximum atomic E-state index is 11.9. The highest BCUT2D eigenvalue weighted by Crippen LogP contribution is 2.27. The zero-order chi connectivity index (χ0) is 16.7. The molecule has 1 saturated carbocycles. The first-order chi connectivity index (χ1) is 11.1. The minimum Gasteiger partial charge on any atom is -0.352 e. The number of carbonyl (C=O) groups excluding carboxylic acids is 2. The van der Waals surface area contributed by atoms with E-state index < -0.39 is 0 Å². The molecule has 0 spiro atoms. The molecule has 0 aliphatic heterocycles. The van der Waals surface area contributed by atoms with Gasteiger partial charge in [-0.1, -0.05) is 12.8 Å². The predicted molar refractivity (Wildman–Crippen MR) is 95.4 cm³/mol. The van der Waals surface area contributed by atoms with Crippen LogP contribution < -0.4 is 16.0 Å². The average molecular weight is 333 g/mol. The van der Waals surface area contributed by atoms with Crippen LogP contribution in [0.2, 0.25) is 0 Å². The van der Waals surface area contributed by atoms with Crippen LogP contribution in [0.4, 0.5) is 5.69 Å². The largest absolute Gasteiger partial charge is 0.352 e. The van der Waals surface area contributed by atoms with Gasteiger partial charge >= 0.3 is 0 Å². The number of nitrogens with one attached hydrogen (secondary N) is 3. The van der Waals surface area contributed by atoms with Crippen LogP contribution in [0, 0.1) is 5.92 Å². The van der Waals surface area contributed by atoms with Crippen molar-refractivity contribution < 1.29 is 9.59 Å². The number of carbonyl (C=O) groups is 2. The van der Waals surface area contributed by atoms with Crippen LogP contribution in [0.15, 0.2) is 24.3 Å². The highest BCUT2D eigenvalue weighted by molar-refractivity contribution is 7.80. The van der Waals surface area contributed by atoms with Crippen LogP contribution in [0.3, 0.4) is 0 Å². The Balaban J connectivity index is 1.80. The van der Waals surface area contributed by atoms with E-state index in [4.69, 9.17) is 12.2 Å². The van der Waals surface area contributed by atoms with Gasteiger partial charge in [-0.2, -0.15) is 0 Å². The summed E-state index contributed by atoms with van der Waals surface area (Å²) < 4.78 is 0. The fraction of sp³-hybridized carbons (Fsp3) is 0.471. The molecule has 1 aromatic rings. The molecular formula is C17H23N3O2S. The fourth-order valence-electron chi connectivity index (χ4n) is 2.78. The summed E-state index contributed by atoms with van der Waals surface area (Å²) in [6.45, 7) is 2.47. The van der Waals surface area contributed by atoms with Gasteiger partial charge in [-0.05, 0) is 62.2 Å². The van der Waals surface area contributed by atoms with Crippen molar-refractivity contribution in [2.45, 2.75) is 39.0 Å². The van der Waals surface area contributed by atoms with Crippen molar-refractivity contribution in [2.24, 2.45) is 5.92 Å². The number of benzene rings is 1. The van der Waals surface area contributed by atoms with E-state index in [1.807, 2.05) is 6.92 Å². The van der Waals surface area contributed by atoms with Crippen molar-refractivity contribution in [1.29, 1.82) is 0 Å². The summed E-state index contributed by atoms with van der Waals surface area (Å²) in [7, 11) is 0. The number of hydrogen-bond acceptors (Lipinski definition) is 3. The molecule has 2 amide bonds. The van der Waals surface area contributed by atoms with Crippen LogP contribution >= 0.6 is 12.2 Å². The lowest BCUT2D eigenvalue weighted by Gasteiger charge is -2.12. The standard InChI is InChI=1S/C17H23N3O2S/c1-2-18-16(22)13-7-9-14(10-8-13)19-17(23)20-15(21)11-12-5-3-4-6-12/h7-10,12H,2-6,11H2,1H3,(H,18,22)(H2,19,20,21,23). The van der Waals surface area contributed by atoms with Crippen LogP contribution in [-0.2, 0) is 4.79 Å². The van der Waals surface area contributed by atoms with Gasteiger partial charge in [0.2, 0.25) is 5.91 Å². The molecule has 0 bridgehead atoms. The molecule has 1 aliphatic rings. The summed E-state index contributed by atoms with van der Waals surface area (Å²) in [5.41, 5.74) is 1.33. The van der Waals surface area contributed by atoms with Crippen molar-refractivity contribution in [2.75, 3.05) is 11.9 Å². The van der Waals surface area contributed by atoms with Gasteiger partial charge in [0, 0.05) is 24.2 Å². The zero-order valence-electron chi connectivity index (χ0n) is 13.4. The first-order valence-electron chi connectivity index (χ1n) is 8.07. The topological polar surface area (TPSA) is 70.2 Å². The molecule has 6 heteroatoms. The van der Waals surface area contributed by atoms with Crippen LogP contribution in [0.5, 0.6) is 0 Å².